The monoisotopic (exact) mass is 326 g/mol. The third kappa shape index (κ3) is 3.79. The summed E-state index contributed by atoms with van der Waals surface area (Å²) < 4.78 is 0. The van der Waals surface area contributed by atoms with Crippen LogP contribution >= 0.6 is 0 Å². The van der Waals surface area contributed by atoms with Gasteiger partial charge >= 0.3 is 0 Å². The number of carbonyl (C=O) groups is 1. The first kappa shape index (κ1) is 16.2. The molecule has 3 heterocycles. The van der Waals surface area contributed by atoms with E-state index in [0.717, 1.165) is 38.4 Å². The molecular formula is C17H22N6O. The molecule has 7 nitrogen and oxygen atoms in total. The Balaban J connectivity index is 1.57. The average molecular weight is 326 g/mol. The van der Waals surface area contributed by atoms with Gasteiger partial charge in [0.15, 0.2) is 0 Å². The highest BCUT2D eigenvalue weighted by molar-refractivity contribution is 5.93. The molecule has 0 unspecified atom stereocenters. The second kappa shape index (κ2) is 7.72. The van der Waals surface area contributed by atoms with Gasteiger partial charge in [-0.15, -0.1) is 0 Å². The fourth-order valence-electron chi connectivity index (χ4n) is 2.62. The van der Waals surface area contributed by atoms with Crippen LogP contribution in [0.3, 0.4) is 0 Å². The highest BCUT2D eigenvalue weighted by Gasteiger charge is 2.20. The Morgan fingerprint density at radius 3 is 2.42 bits per heavy atom. The SMILES string of the molecule is CCCNC(=O)c1cnc(N2CCN(c3ccccn3)CC2)nc1. The summed E-state index contributed by atoms with van der Waals surface area (Å²) in [7, 11) is 0. The number of nitrogens with zero attached hydrogens (tertiary/aromatic N) is 5. The van der Waals surface area contributed by atoms with Crippen molar-refractivity contribution in [3.05, 3.63) is 42.4 Å². The molecule has 1 N–H and O–H groups in total. The molecule has 24 heavy (non-hydrogen) atoms. The smallest absolute Gasteiger partial charge is 0.254 e. The minimum atomic E-state index is -0.122. The second-order valence-electron chi connectivity index (χ2n) is 5.69. The third-order valence-corrected chi connectivity index (χ3v) is 3.97. The summed E-state index contributed by atoms with van der Waals surface area (Å²) in [4.78, 5) is 29.3. The lowest BCUT2D eigenvalue weighted by Crippen LogP contribution is -2.47. The van der Waals surface area contributed by atoms with E-state index >= 15 is 0 Å². The summed E-state index contributed by atoms with van der Waals surface area (Å²) >= 11 is 0. The van der Waals surface area contributed by atoms with Gasteiger partial charge in [-0.1, -0.05) is 13.0 Å². The van der Waals surface area contributed by atoms with Crippen molar-refractivity contribution in [1.29, 1.82) is 0 Å². The van der Waals surface area contributed by atoms with Crippen molar-refractivity contribution in [3.8, 4) is 0 Å². The first-order valence-corrected chi connectivity index (χ1v) is 8.29. The van der Waals surface area contributed by atoms with Crippen LogP contribution in [0.15, 0.2) is 36.8 Å². The molecule has 1 aliphatic rings. The van der Waals surface area contributed by atoms with Crippen LogP contribution in [-0.4, -0.2) is 53.6 Å². The Bertz CT molecular complexity index is 653. The number of amides is 1. The van der Waals surface area contributed by atoms with Crippen molar-refractivity contribution < 1.29 is 4.79 Å². The molecule has 1 aliphatic heterocycles. The maximum absolute atomic E-state index is 11.9. The molecule has 1 saturated heterocycles. The molecule has 0 spiro atoms. The number of carbonyl (C=O) groups excluding carboxylic acids is 1. The molecule has 3 rings (SSSR count). The molecule has 0 bridgehead atoms. The van der Waals surface area contributed by atoms with Crippen LogP contribution in [0.4, 0.5) is 11.8 Å². The summed E-state index contributed by atoms with van der Waals surface area (Å²) in [5.74, 6) is 1.55. The van der Waals surface area contributed by atoms with E-state index in [2.05, 4.69) is 30.1 Å². The molecule has 7 heteroatoms. The summed E-state index contributed by atoms with van der Waals surface area (Å²) in [5, 5.41) is 2.83. The standard InChI is InChI=1S/C17H22N6O/c1-2-6-19-16(24)14-12-20-17(21-13-14)23-10-8-22(9-11-23)15-5-3-4-7-18-15/h3-5,7,12-13H,2,6,8-11H2,1H3,(H,19,24). The summed E-state index contributed by atoms with van der Waals surface area (Å²) in [6.45, 7) is 6.09. The molecule has 1 amide bonds. The second-order valence-corrected chi connectivity index (χ2v) is 5.69. The number of nitrogens with one attached hydrogen (secondary N) is 1. The minimum Gasteiger partial charge on any atom is -0.353 e. The first-order chi connectivity index (χ1) is 11.8. The predicted molar refractivity (Wildman–Crippen MR) is 93.3 cm³/mol. The summed E-state index contributed by atoms with van der Waals surface area (Å²) in [6.07, 6.45) is 5.91. The van der Waals surface area contributed by atoms with E-state index in [-0.39, 0.29) is 5.91 Å². The molecule has 2 aromatic rings. The van der Waals surface area contributed by atoms with Gasteiger partial charge in [-0.05, 0) is 18.6 Å². The third-order valence-electron chi connectivity index (χ3n) is 3.97. The van der Waals surface area contributed by atoms with Gasteiger partial charge in [-0.3, -0.25) is 4.79 Å². The quantitative estimate of drug-likeness (QED) is 0.894. The molecule has 2 aromatic heterocycles. The van der Waals surface area contributed by atoms with Gasteiger partial charge in [0.2, 0.25) is 5.95 Å². The van der Waals surface area contributed by atoms with E-state index in [4.69, 9.17) is 0 Å². The fourth-order valence-corrected chi connectivity index (χ4v) is 2.62. The van der Waals surface area contributed by atoms with Crippen LogP contribution < -0.4 is 15.1 Å². The zero-order chi connectivity index (χ0) is 16.8. The normalized spacial score (nSPS) is 14.5. The number of hydrogen-bond donors (Lipinski definition) is 1. The number of rotatable bonds is 5. The Hall–Kier alpha value is -2.70. The molecule has 0 aliphatic carbocycles. The van der Waals surface area contributed by atoms with Crippen molar-refractivity contribution in [1.82, 2.24) is 20.3 Å². The first-order valence-electron chi connectivity index (χ1n) is 8.29. The molecule has 126 valence electrons. The van der Waals surface area contributed by atoms with Crippen molar-refractivity contribution in [3.63, 3.8) is 0 Å². The van der Waals surface area contributed by atoms with E-state index in [9.17, 15) is 4.79 Å². The number of aromatic nitrogens is 3. The molecule has 0 radical (unpaired) electrons. The maximum Gasteiger partial charge on any atom is 0.254 e. The predicted octanol–water partition coefficient (Wildman–Crippen LogP) is 1.34. The van der Waals surface area contributed by atoms with Crippen molar-refractivity contribution >= 4 is 17.7 Å². The zero-order valence-electron chi connectivity index (χ0n) is 13.9. The number of pyridine rings is 1. The highest BCUT2D eigenvalue weighted by atomic mass is 16.1. The average Bonchev–Trinajstić information content (AvgIpc) is 2.67. The van der Waals surface area contributed by atoms with Crippen LogP contribution in [0, 0.1) is 0 Å². The van der Waals surface area contributed by atoms with Gasteiger partial charge in [0.25, 0.3) is 5.91 Å². The lowest BCUT2D eigenvalue weighted by molar-refractivity contribution is 0.0953. The van der Waals surface area contributed by atoms with Crippen LogP contribution in [0.5, 0.6) is 0 Å². The maximum atomic E-state index is 11.9. The zero-order valence-corrected chi connectivity index (χ0v) is 13.9. The molecular weight excluding hydrogens is 304 g/mol. The van der Waals surface area contributed by atoms with E-state index < -0.39 is 0 Å². The number of anilines is 2. The van der Waals surface area contributed by atoms with Gasteiger partial charge in [0.05, 0.1) is 5.56 Å². The lowest BCUT2D eigenvalue weighted by atomic mass is 10.3. The van der Waals surface area contributed by atoms with Crippen molar-refractivity contribution in [2.24, 2.45) is 0 Å². The van der Waals surface area contributed by atoms with Crippen LogP contribution in [0.1, 0.15) is 23.7 Å². The molecule has 1 fully saturated rings. The van der Waals surface area contributed by atoms with Gasteiger partial charge in [-0.2, -0.15) is 0 Å². The van der Waals surface area contributed by atoms with Crippen LogP contribution in [-0.2, 0) is 0 Å². The van der Waals surface area contributed by atoms with Gasteiger partial charge in [0, 0.05) is 51.3 Å². The molecule has 0 saturated carbocycles. The van der Waals surface area contributed by atoms with Crippen molar-refractivity contribution in [2.45, 2.75) is 13.3 Å². The Labute approximate surface area is 141 Å². The minimum absolute atomic E-state index is 0.122. The largest absolute Gasteiger partial charge is 0.353 e. The highest BCUT2D eigenvalue weighted by Crippen LogP contribution is 2.15. The van der Waals surface area contributed by atoms with E-state index in [1.165, 1.54) is 0 Å². The van der Waals surface area contributed by atoms with Crippen LogP contribution in [0.25, 0.3) is 0 Å². The Morgan fingerprint density at radius 2 is 1.79 bits per heavy atom. The lowest BCUT2D eigenvalue weighted by Gasteiger charge is -2.35. The van der Waals surface area contributed by atoms with E-state index in [1.54, 1.807) is 12.4 Å². The summed E-state index contributed by atoms with van der Waals surface area (Å²) in [6, 6.07) is 5.95. The Morgan fingerprint density at radius 1 is 1.08 bits per heavy atom. The Kier molecular flexibility index (Phi) is 5.20. The molecule has 0 atom stereocenters. The van der Waals surface area contributed by atoms with Crippen LogP contribution in [0.2, 0.25) is 0 Å². The molecule has 0 aromatic carbocycles. The fraction of sp³-hybridized carbons (Fsp3) is 0.412. The number of hydrogen-bond acceptors (Lipinski definition) is 6. The van der Waals surface area contributed by atoms with Gasteiger partial charge in [0.1, 0.15) is 5.82 Å². The van der Waals surface area contributed by atoms with E-state index in [1.807, 2.05) is 31.3 Å². The van der Waals surface area contributed by atoms with Crippen molar-refractivity contribution in [2.75, 3.05) is 42.5 Å². The van der Waals surface area contributed by atoms with Gasteiger partial charge in [-0.25, -0.2) is 15.0 Å². The van der Waals surface area contributed by atoms with E-state index in [0.29, 0.717) is 18.1 Å². The number of piperazine rings is 1. The topological polar surface area (TPSA) is 74.2 Å². The summed E-state index contributed by atoms with van der Waals surface area (Å²) in [5.41, 5.74) is 0.499. The van der Waals surface area contributed by atoms with Gasteiger partial charge < -0.3 is 15.1 Å².